The van der Waals surface area contributed by atoms with E-state index in [-0.39, 0.29) is 11.6 Å². The molecule has 3 rings (SSSR count). The fourth-order valence-corrected chi connectivity index (χ4v) is 2.34. The quantitative estimate of drug-likeness (QED) is 0.511. The molecule has 0 amide bonds. The Labute approximate surface area is 140 Å². The van der Waals surface area contributed by atoms with Gasteiger partial charge in [0.2, 0.25) is 0 Å². The second-order valence-corrected chi connectivity index (χ2v) is 5.27. The fraction of sp³-hybridized carbons (Fsp3) is 0. The zero-order valence-electron chi connectivity index (χ0n) is 12.9. The Balaban J connectivity index is 1.67. The second-order valence-electron chi connectivity index (χ2n) is 5.27. The minimum absolute atomic E-state index is 0.140. The van der Waals surface area contributed by atoms with Crippen LogP contribution < -0.4 is 5.32 Å². The number of benzene rings is 3. The molecule has 3 heteroatoms. The number of allylic oxidation sites excluding steroid dienone is 1. The van der Waals surface area contributed by atoms with Gasteiger partial charge in [-0.3, -0.25) is 4.79 Å². The van der Waals surface area contributed by atoms with E-state index in [9.17, 15) is 9.18 Å². The molecule has 118 valence electrons. The third kappa shape index (κ3) is 3.76. The van der Waals surface area contributed by atoms with Gasteiger partial charge < -0.3 is 5.32 Å². The molecule has 0 bridgehead atoms. The highest BCUT2D eigenvalue weighted by molar-refractivity contribution is 6.04. The van der Waals surface area contributed by atoms with Crippen LogP contribution >= 0.6 is 0 Å². The number of carbonyl (C=O) groups excluding carboxylic acids is 1. The summed E-state index contributed by atoms with van der Waals surface area (Å²) in [6, 6.07) is 23.7. The number of halogens is 1. The Hall–Kier alpha value is -3.20. The lowest BCUT2D eigenvalue weighted by Crippen LogP contribution is -1.97. The van der Waals surface area contributed by atoms with Gasteiger partial charge >= 0.3 is 0 Å². The molecule has 0 saturated heterocycles. The van der Waals surface area contributed by atoms with Crippen molar-refractivity contribution in [1.82, 2.24) is 0 Å². The maximum atomic E-state index is 13.5. The first-order valence-electron chi connectivity index (χ1n) is 7.61. The van der Waals surface area contributed by atoms with E-state index in [2.05, 4.69) is 5.32 Å². The average molecular weight is 317 g/mol. The molecule has 0 aromatic heterocycles. The van der Waals surface area contributed by atoms with Crippen LogP contribution in [0, 0.1) is 5.82 Å². The fourth-order valence-electron chi connectivity index (χ4n) is 2.34. The molecular weight excluding hydrogens is 301 g/mol. The molecule has 0 radical (unpaired) electrons. The predicted octanol–water partition coefficient (Wildman–Crippen LogP) is 5.30. The van der Waals surface area contributed by atoms with Crippen LogP contribution in [0.5, 0.6) is 0 Å². The minimum atomic E-state index is -0.359. The number of nitrogens with one attached hydrogen (secondary N) is 1. The maximum absolute atomic E-state index is 13.5. The van der Waals surface area contributed by atoms with Crippen molar-refractivity contribution >= 4 is 11.5 Å². The molecular formula is C21H16FNO. The summed E-state index contributed by atoms with van der Waals surface area (Å²) in [6.45, 7) is 0. The van der Waals surface area contributed by atoms with Crippen molar-refractivity contribution in [2.24, 2.45) is 0 Å². The first-order valence-corrected chi connectivity index (χ1v) is 7.61. The van der Waals surface area contributed by atoms with E-state index in [0.29, 0.717) is 11.3 Å². The van der Waals surface area contributed by atoms with E-state index in [0.717, 1.165) is 11.1 Å². The number of ketones is 1. The Morgan fingerprint density at radius 1 is 0.792 bits per heavy atom. The zero-order chi connectivity index (χ0) is 16.8. The highest BCUT2D eigenvalue weighted by atomic mass is 19.1. The van der Waals surface area contributed by atoms with Crippen LogP contribution in [0.2, 0.25) is 0 Å². The molecule has 0 aliphatic heterocycles. The van der Waals surface area contributed by atoms with Crippen LogP contribution in [-0.4, -0.2) is 5.78 Å². The van der Waals surface area contributed by atoms with E-state index in [1.807, 2.05) is 42.5 Å². The van der Waals surface area contributed by atoms with Crippen LogP contribution in [0.3, 0.4) is 0 Å². The van der Waals surface area contributed by atoms with Gasteiger partial charge in [0.05, 0.1) is 5.69 Å². The second kappa shape index (κ2) is 7.38. The molecule has 1 N–H and O–H groups in total. The van der Waals surface area contributed by atoms with Crippen LogP contribution in [0.4, 0.5) is 10.1 Å². The molecule has 0 spiro atoms. The summed E-state index contributed by atoms with van der Waals surface area (Å²) in [4.78, 5) is 12.1. The first-order chi connectivity index (χ1) is 11.7. The summed E-state index contributed by atoms with van der Waals surface area (Å²) in [5.41, 5.74) is 3.08. The highest BCUT2D eigenvalue weighted by Gasteiger charge is 2.03. The lowest BCUT2D eigenvalue weighted by atomic mass is 10.0. The van der Waals surface area contributed by atoms with E-state index in [1.165, 1.54) is 18.3 Å². The van der Waals surface area contributed by atoms with E-state index in [4.69, 9.17) is 0 Å². The van der Waals surface area contributed by atoms with E-state index >= 15 is 0 Å². The van der Waals surface area contributed by atoms with E-state index < -0.39 is 0 Å². The van der Waals surface area contributed by atoms with Crippen molar-refractivity contribution in [2.75, 3.05) is 5.32 Å². The van der Waals surface area contributed by atoms with Crippen LogP contribution in [0.25, 0.3) is 11.1 Å². The molecule has 3 aromatic carbocycles. The number of hydrogen-bond donors (Lipinski definition) is 1. The standard InChI is InChI=1S/C21H16FNO/c22-19-8-4-5-9-20(19)23-15-14-21(24)18-12-10-17(11-13-18)16-6-2-1-3-7-16/h1-15,23H/b15-14-. The van der Waals surface area contributed by atoms with Gasteiger partial charge in [-0.25, -0.2) is 4.39 Å². The predicted molar refractivity (Wildman–Crippen MR) is 95.4 cm³/mol. The van der Waals surface area contributed by atoms with Gasteiger partial charge in [-0.2, -0.15) is 0 Å². The molecule has 3 aromatic rings. The summed E-state index contributed by atoms with van der Waals surface area (Å²) >= 11 is 0. The summed E-state index contributed by atoms with van der Waals surface area (Å²) < 4.78 is 13.5. The number of para-hydroxylation sites is 1. The molecule has 0 aliphatic carbocycles. The smallest absolute Gasteiger partial charge is 0.187 e. The Kier molecular flexibility index (Phi) is 4.82. The SMILES string of the molecule is O=C(/C=C\Nc1ccccc1F)c1ccc(-c2ccccc2)cc1. The summed E-state index contributed by atoms with van der Waals surface area (Å²) in [5.74, 6) is -0.500. The monoisotopic (exact) mass is 317 g/mol. The molecule has 2 nitrogen and oxygen atoms in total. The summed E-state index contributed by atoms with van der Waals surface area (Å²) in [5, 5.41) is 2.77. The van der Waals surface area contributed by atoms with Crippen molar-refractivity contribution in [3.05, 3.63) is 103 Å². The maximum Gasteiger partial charge on any atom is 0.187 e. The third-order valence-corrected chi connectivity index (χ3v) is 3.62. The number of hydrogen-bond acceptors (Lipinski definition) is 2. The molecule has 0 heterocycles. The Bertz CT molecular complexity index is 855. The van der Waals surface area contributed by atoms with Gasteiger partial charge in [0.15, 0.2) is 5.78 Å². The molecule has 0 aliphatic rings. The number of carbonyl (C=O) groups is 1. The first kappa shape index (κ1) is 15.7. The van der Waals surface area contributed by atoms with Gasteiger partial charge in [0.1, 0.15) is 5.82 Å². The lowest BCUT2D eigenvalue weighted by molar-refractivity contribution is 0.104. The van der Waals surface area contributed by atoms with Gasteiger partial charge in [0.25, 0.3) is 0 Å². The number of rotatable bonds is 5. The molecule has 0 atom stereocenters. The Morgan fingerprint density at radius 2 is 1.42 bits per heavy atom. The van der Waals surface area contributed by atoms with Crippen LogP contribution in [0.1, 0.15) is 10.4 Å². The van der Waals surface area contributed by atoms with E-state index in [1.54, 1.807) is 30.3 Å². The van der Waals surface area contributed by atoms with Crippen LogP contribution in [0.15, 0.2) is 91.1 Å². The van der Waals surface area contributed by atoms with Gasteiger partial charge in [-0.1, -0.05) is 66.7 Å². The largest absolute Gasteiger partial charge is 0.359 e. The highest BCUT2D eigenvalue weighted by Crippen LogP contribution is 2.19. The topological polar surface area (TPSA) is 29.1 Å². The Morgan fingerprint density at radius 3 is 2.12 bits per heavy atom. The van der Waals surface area contributed by atoms with Crippen molar-refractivity contribution in [1.29, 1.82) is 0 Å². The normalized spacial score (nSPS) is 10.7. The van der Waals surface area contributed by atoms with Crippen molar-refractivity contribution in [3.8, 4) is 11.1 Å². The molecule has 0 fully saturated rings. The molecule has 24 heavy (non-hydrogen) atoms. The van der Waals surface area contributed by atoms with Crippen molar-refractivity contribution < 1.29 is 9.18 Å². The average Bonchev–Trinajstić information content (AvgIpc) is 2.64. The zero-order valence-corrected chi connectivity index (χ0v) is 12.9. The molecule has 0 saturated carbocycles. The summed E-state index contributed by atoms with van der Waals surface area (Å²) in [7, 11) is 0. The third-order valence-electron chi connectivity index (χ3n) is 3.62. The summed E-state index contributed by atoms with van der Waals surface area (Å²) in [6.07, 6.45) is 2.84. The molecule has 0 unspecified atom stereocenters. The van der Waals surface area contributed by atoms with Gasteiger partial charge in [-0.15, -0.1) is 0 Å². The van der Waals surface area contributed by atoms with Gasteiger partial charge in [-0.05, 0) is 23.3 Å². The number of anilines is 1. The van der Waals surface area contributed by atoms with Crippen molar-refractivity contribution in [2.45, 2.75) is 0 Å². The van der Waals surface area contributed by atoms with Crippen LogP contribution in [-0.2, 0) is 0 Å². The van der Waals surface area contributed by atoms with Gasteiger partial charge in [0, 0.05) is 17.8 Å². The minimum Gasteiger partial charge on any atom is -0.359 e. The lowest BCUT2D eigenvalue weighted by Gasteiger charge is -2.03. The van der Waals surface area contributed by atoms with Crippen molar-refractivity contribution in [3.63, 3.8) is 0 Å².